The second kappa shape index (κ2) is 5.74. The summed E-state index contributed by atoms with van der Waals surface area (Å²) in [6.45, 7) is 4.41. The zero-order chi connectivity index (χ0) is 9.52. The molecule has 1 rings (SSSR count). The zero-order valence-corrected chi connectivity index (χ0v) is 8.71. The minimum Gasteiger partial charge on any atom is -0.261 e. The molecule has 0 N–H and O–H groups in total. The molecule has 0 unspecified atom stereocenters. The predicted octanol–water partition coefficient (Wildman–Crippen LogP) is 3.38. The van der Waals surface area contributed by atoms with Crippen LogP contribution in [-0.4, -0.2) is 4.98 Å². The van der Waals surface area contributed by atoms with Crippen molar-refractivity contribution in [1.29, 1.82) is 0 Å². The first-order valence-electron chi connectivity index (χ1n) is 5.31. The third kappa shape index (κ3) is 3.17. The highest BCUT2D eigenvalue weighted by Gasteiger charge is 1.99. The lowest BCUT2D eigenvalue weighted by molar-refractivity contribution is 0.710. The Labute approximate surface area is 81.2 Å². The smallest absolute Gasteiger partial charge is 0.0432 e. The molecule has 0 aliphatic heterocycles. The quantitative estimate of drug-likeness (QED) is 0.628. The van der Waals surface area contributed by atoms with Crippen molar-refractivity contribution in [2.24, 2.45) is 0 Å². The van der Waals surface area contributed by atoms with Crippen molar-refractivity contribution in [3.05, 3.63) is 29.6 Å². The first-order chi connectivity index (χ1) is 6.38. The molecule has 0 aliphatic carbocycles. The average Bonchev–Trinajstić information content (AvgIpc) is 2.19. The molecule has 0 atom stereocenters. The fourth-order valence-corrected chi connectivity index (χ4v) is 1.58. The van der Waals surface area contributed by atoms with Gasteiger partial charge in [-0.1, -0.05) is 32.8 Å². The average molecular weight is 177 g/mol. The SMILES string of the molecule is CCCCCc1cccnc1CC. The molecular weight excluding hydrogens is 158 g/mol. The Hall–Kier alpha value is -0.850. The number of nitrogens with zero attached hydrogens (tertiary/aromatic N) is 1. The molecule has 0 spiro atoms. The van der Waals surface area contributed by atoms with Crippen LogP contribution in [0, 0.1) is 0 Å². The van der Waals surface area contributed by atoms with Gasteiger partial charge in [0.25, 0.3) is 0 Å². The van der Waals surface area contributed by atoms with E-state index < -0.39 is 0 Å². The van der Waals surface area contributed by atoms with Crippen molar-refractivity contribution < 1.29 is 0 Å². The van der Waals surface area contributed by atoms with Crippen LogP contribution in [0.1, 0.15) is 44.4 Å². The molecule has 13 heavy (non-hydrogen) atoms. The standard InChI is InChI=1S/C12H19N/c1-3-5-6-8-11-9-7-10-13-12(11)4-2/h7,9-10H,3-6,8H2,1-2H3. The molecule has 0 saturated carbocycles. The van der Waals surface area contributed by atoms with Crippen molar-refractivity contribution in [3.63, 3.8) is 0 Å². The molecule has 1 heteroatoms. The van der Waals surface area contributed by atoms with E-state index in [1.165, 1.54) is 36.9 Å². The van der Waals surface area contributed by atoms with E-state index in [4.69, 9.17) is 0 Å². The van der Waals surface area contributed by atoms with Crippen LogP contribution in [0.3, 0.4) is 0 Å². The molecule has 0 aliphatic rings. The first-order valence-corrected chi connectivity index (χ1v) is 5.31. The molecule has 1 heterocycles. The topological polar surface area (TPSA) is 12.9 Å². The van der Waals surface area contributed by atoms with Crippen molar-refractivity contribution in [2.75, 3.05) is 0 Å². The number of hydrogen-bond acceptors (Lipinski definition) is 1. The molecule has 0 bridgehead atoms. The minimum atomic E-state index is 1.06. The third-order valence-corrected chi connectivity index (χ3v) is 2.37. The van der Waals surface area contributed by atoms with Crippen molar-refractivity contribution >= 4 is 0 Å². The number of unbranched alkanes of at least 4 members (excludes halogenated alkanes) is 2. The summed E-state index contributed by atoms with van der Waals surface area (Å²) in [5.74, 6) is 0. The summed E-state index contributed by atoms with van der Waals surface area (Å²) in [4.78, 5) is 4.38. The van der Waals surface area contributed by atoms with Gasteiger partial charge in [0.1, 0.15) is 0 Å². The van der Waals surface area contributed by atoms with Crippen LogP contribution >= 0.6 is 0 Å². The van der Waals surface area contributed by atoms with Gasteiger partial charge in [0, 0.05) is 11.9 Å². The highest BCUT2D eigenvalue weighted by molar-refractivity contribution is 5.19. The molecule has 1 aromatic heterocycles. The van der Waals surface area contributed by atoms with Gasteiger partial charge in [0.2, 0.25) is 0 Å². The highest BCUT2D eigenvalue weighted by atomic mass is 14.7. The van der Waals surface area contributed by atoms with E-state index in [-0.39, 0.29) is 0 Å². The summed E-state index contributed by atoms with van der Waals surface area (Å²) in [5, 5.41) is 0. The molecule has 72 valence electrons. The van der Waals surface area contributed by atoms with Gasteiger partial charge in [0.15, 0.2) is 0 Å². The first kappa shape index (κ1) is 10.2. The van der Waals surface area contributed by atoms with Gasteiger partial charge in [-0.05, 0) is 30.9 Å². The maximum atomic E-state index is 4.38. The normalized spacial score (nSPS) is 10.3. The number of aryl methyl sites for hydroxylation is 2. The van der Waals surface area contributed by atoms with E-state index in [0.717, 1.165) is 6.42 Å². The van der Waals surface area contributed by atoms with Gasteiger partial charge in [-0.3, -0.25) is 4.98 Å². The summed E-state index contributed by atoms with van der Waals surface area (Å²) < 4.78 is 0. The molecule has 0 radical (unpaired) electrons. The van der Waals surface area contributed by atoms with Crippen molar-refractivity contribution in [1.82, 2.24) is 4.98 Å². The van der Waals surface area contributed by atoms with Crippen LogP contribution in [0.25, 0.3) is 0 Å². The zero-order valence-electron chi connectivity index (χ0n) is 8.71. The number of rotatable bonds is 5. The Kier molecular flexibility index (Phi) is 4.52. The summed E-state index contributed by atoms with van der Waals surface area (Å²) in [5.41, 5.74) is 2.72. The van der Waals surface area contributed by atoms with E-state index in [9.17, 15) is 0 Å². The summed E-state index contributed by atoms with van der Waals surface area (Å²) >= 11 is 0. The highest BCUT2D eigenvalue weighted by Crippen LogP contribution is 2.10. The van der Waals surface area contributed by atoms with Gasteiger partial charge in [-0.15, -0.1) is 0 Å². The second-order valence-corrected chi connectivity index (χ2v) is 3.42. The molecular formula is C12H19N. The minimum absolute atomic E-state index is 1.06. The maximum Gasteiger partial charge on any atom is 0.0432 e. The van der Waals surface area contributed by atoms with Crippen LogP contribution in [0.2, 0.25) is 0 Å². The van der Waals surface area contributed by atoms with Crippen LogP contribution in [0.4, 0.5) is 0 Å². The van der Waals surface area contributed by atoms with Crippen LogP contribution in [-0.2, 0) is 12.8 Å². The summed E-state index contributed by atoms with van der Waals surface area (Å²) in [6.07, 6.45) is 8.07. The third-order valence-electron chi connectivity index (χ3n) is 2.37. The Bertz CT molecular complexity index is 243. The molecule has 0 fully saturated rings. The van der Waals surface area contributed by atoms with Crippen molar-refractivity contribution in [2.45, 2.75) is 46.0 Å². The fourth-order valence-electron chi connectivity index (χ4n) is 1.58. The lowest BCUT2D eigenvalue weighted by atomic mass is 10.0. The van der Waals surface area contributed by atoms with Gasteiger partial charge in [-0.25, -0.2) is 0 Å². The van der Waals surface area contributed by atoms with Gasteiger partial charge < -0.3 is 0 Å². The summed E-state index contributed by atoms with van der Waals surface area (Å²) in [7, 11) is 0. The van der Waals surface area contributed by atoms with E-state index in [1.54, 1.807) is 0 Å². The molecule has 0 saturated heterocycles. The summed E-state index contributed by atoms with van der Waals surface area (Å²) in [6, 6.07) is 4.25. The Balaban J connectivity index is 2.54. The van der Waals surface area contributed by atoms with E-state index in [2.05, 4.69) is 24.9 Å². The van der Waals surface area contributed by atoms with Crippen LogP contribution in [0.5, 0.6) is 0 Å². The van der Waals surface area contributed by atoms with E-state index >= 15 is 0 Å². The van der Waals surface area contributed by atoms with Gasteiger partial charge in [-0.2, -0.15) is 0 Å². The van der Waals surface area contributed by atoms with Crippen LogP contribution < -0.4 is 0 Å². The number of aromatic nitrogens is 1. The lowest BCUT2D eigenvalue weighted by Crippen LogP contribution is -1.95. The number of pyridine rings is 1. The Morgan fingerprint density at radius 3 is 2.77 bits per heavy atom. The monoisotopic (exact) mass is 177 g/mol. The molecule has 1 nitrogen and oxygen atoms in total. The van der Waals surface area contributed by atoms with Crippen molar-refractivity contribution in [3.8, 4) is 0 Å². The second-order valence-electron chi connectivity index (χ2n) is 3.42. The van der Waals surface area contributed by atoms with Crippen LogP contribution in [0.15, 0.2) is 18.3 Å². The maximum absolute atomic E-state index is 4.38. The van der Waals surface area contributed by atoms with E-state index in [1.807, 2.05) is 12.3 Å². The lowest BCUT2D eigenvalue weighted by Gasteiger charge is -2.05. The fraction of sp³-hybridized carbons (Fsp3) is 0.583. The molecule has 1 aromatic rings. The Morgan fingerprint density at radius 2 is 2.08 bits per heavy atom. The molecule has 0 amide bonds. The van der Waals surface area contributed by atoms with Gasteiger partial charge in [0.05, 0.1) is 0 Å². The van der Waals surface area contributed by atoms with E-state index in [0.29, 0.717) is 0 Å². The Morgan fingerprint density at radius 1 is 1.23 bits per heavy atom. The number of hydrogen-bond donors (Lipinski definition) is 0. The predicted molar refractivity (Wildman–Crippen MR) is 56.8 cm³/mol. The largest absolute Gasteiger partial charge is 0.261 e. The molecule has 0 aromatic carbocycles. The van der Waals surface area contributed by atoms with Gasteiger partial charge >= 0.3 is 0 Å².